The summed E-state index contributed by atoms with van der Waals surface area (Å²) in [5.74, 6) is 0.954. The lowest BCUT2D eigenvalue weighted by Crippen LogP contribution is -2.30. The number of rotatable bonds is 5. The molecule has 2 aromatic heterocycles. The Morgan fingerprint density at radius 3 is 2.81 bits per heavy atom. The van der Waals surface area contributed by atoms with Crippen LogP contribution in [0, 0.1) is 5.82 Å². The number of hydrogen-bond acceptors (Lipinski definition) is 9. The minimum atomic E-state index is -2.26. The zero-order chi connectivity index (χ0) is 21.4. The van der Waals surface area contributed by atoms with Crippen LogP contribution in [0.2, 0.25) is 0 Å². The van der Waals surface area contributed by atoms with Crippen LogP contribution in [0.3, 0.4) is 0 Å². The third kappa shape index (κ3) is 4.36. The van der Waals surface area contributed by atoms with E-state index < -0.39 is 27.8 Å². The molecule has 11 heteroatoms. The quantitative estimate of drug-likeness (QED) is 0.595. The van der Waals surface area contributed by atoms with Gasteiger partial charge in [0.25, 0.3) is 0 Å². The van der Waals surface area contributed by atoms with Gasteiger partial charge in [0.15, 0.2) is 6.10 Å². The molecule has 2 atom stereocenters. The molecular weight excluding hydrogens is 437 g/mol. The van der Waals surface area contributed by atoms with E-state index in [2.05, 4.69) is 24.6 Å². The predicted octanol–water partition coefficient (Wildman–Crippen LogP) is 3.19. The summed E-state index contributed by atoms with van der Waals surface area (Å²) < 4.78 is 42.6. The minimum absolute atomic E-state index is 0. The second kappa shape index (κ2) is 8.93. The average Bonchev–Trinajstić information content (AvgIpc) is 3.12. The molecule has 0 unspecified atom stereocenters. The van der Waals surface area contributed by atoms with Crippen LogP contribution in [0.25, 0.3) is 10.9 Å². The number of nitrogens with zero attached hydrogens (tertiary/aromatic N) is 4. The SMILES string of the molecule is C.O=S1(=Nc2cc(F)c3c(Nc4cccnc4O[C@H]4COC[C@H]4O)ncnc3c2)CCC1. The standard InChI is InChI=1S/C20H20FN5O4S.CH4/c21-13-7-12(26-31(28)5-2-6-31)8-15-18(13)19(24-11-23-15)25-14-3-1-4-22-20(14)30-17-10-29-9-16(17)27;/h1,3-4,7-8,11,16-17,27H,2,5-6,9-10H2,(H,23,24,25);1H4/t16-,17+;/m1./s1. The lowest BCUT2D eigenvalue weighted by molar-refractivity contribution is 0.0709. The number of aliphatic hydroxyl groups is 1. The number of hydrogen-bond donors (Lipinski definition) is 2. The number of aromatic nitrogens is 3. The first-order valence-electron chi connectivity index (χ1n) is 9.82. The molecule has 2 fully saturated rings. The highest BCUT2D eigenvalue weighted by Crippen LogP contribution is 2.33. The van der Waals surface area contributed by atoms with E-state index in [-0.39, 0.29) is 37.7 Å². The van der Waals surface area contributed by atoms with Gasteiger partial charge in [0.05, 0.1) is 39.5 Å². The summed E-state index contributed by atoms with van der Waals surface area (Å²) in [7, 11) is -2.26. The molecule has 2 N–H and O–H groups in total. The van der Waals surface area contributed by atoms with Gasteiger partial charge in [0.1, 0.15) is 29.8 Å². The molecule has 4 heterocycles. The maximum Gasteiger partial charge on any atom is 0.238 e. The summed E-state index contributed by atoms with van der Waals surface area (Å²) in [6, 6.07) is 6.25. The molecule has 2 aliphatic rings. The smallest absolute Gasteiger partial charge is 0.238 e. The van der Waals surface area contributed by atoms with E-state index in [4.69, 9.17) is 9.47 Å². The highest BCUT2D eigenvalue weighted by atomic mass is 32.2. The number of ether oxygens (including phenoxy) is 2. The summed E-state index contributed by atoms with van der Waals surface area (Å²) in [6.07, 6.45) is 2.43. The Hall–Kier alpha value is -2.89. The van der Waals surface area contributed by atoms with Crippen molar-refractivity contribution in [3.8, 4) is 5.88 Å². The minimum Gasteiger partial charge on any atom is -0.468 e. The van der Waals surface area contributed by atoms with Gasteiger partial charge in [-0.3, -0.25) is 0 Å². The summed E-state index contributed by atoms with van der Waals surface area (Å²) in [5.41, 5.74) is 1.09. The summed E-state index contributed by atoms with van der Waals surface area (Å²) >= 11 is 0. The Morgan fingerprint density at radius 2 is 2.09 bits per heavy atom. The van der Waals surface area contributed by atoms with E-state index in [0.717, 1.165) is 6.42 Å². The molecule has 2 saturated heterocycles. The van der Waals surface area contributed by atoms with Gasteiger partial charge >= 0.3 is 0 Å². The Labute approximate surface area is 185 Å². The van der Waals surface area contributed by atoms with Crippen LogP contribution in [-0.4, -0.2) is 61.2 Å². The lowest BCUT2D eigenvalue weighted by Gasteiger charge is -2.18. The first-order valence-corrected chi connectivity index (χ1v) is 11.7. The van der Waals surface area contributed by atoms with Gasteiger partial charge in [-0.15, -0.1) is 0 Å². The van der Waals surface area contributed by atoms with Crippen molar-refractivity contribution >= 4 is 37.8 Å². The van der Waals surface area contributed by atoms with E-state index in [1.165, 1.54) is 12.4 Å². The lowest BCUT2D eigenvalue weighted by atomic mass is 10.2. The molecule has 5 rings (SSSR count). The Bertz CT molecular complexity index is 1250. The van der Waals surface area contributed by atoms with E-state index in [1.807, 2.05) is 0 Å². The van der Waals surface area contributed by atoms with Gasteiger partial charge in [0, 0.05) is 23.8 Å². The van der Waals surface area contributed by atoms with Crippen molar-refractivity contribution in [3.63, 3.8) is 0 Å². The molecule has 32 heavy (non-hydrogen) atoms. The fraction of sp³-hybridized carbons (Fsp3) is 0.381. The van der Waals surface area contributed by atoms with Crippen molar-refractivity contribution in [3.05, 3.63) is 42.6 Å². The Kier molecular flexibility index (Phi) is 6.22. The number of anilines is 2. The summed E-state index contributed by atoms with van der Waals surface area (Å²) in [6.45, 7) is 0.444. The molecule has 0 saturated carbocycles. The first kappa shape index (κ1) is 22.3. The fourth-order valence-electron chi connectivity index (χ4n) is 3.44. The Balaban J connectivity index is 0.00000245. The van der Waals surface area contributed by atoms with Crippen molar-refractivity contribution in [2.45, 2.75) is 26.1 Å². The first-order chi connectivity index (χ1) is 15.0. The highest BCUT2D eigenvalue weighted by Gasteiger charge is 2.29. The van der Waals surface area contributed by atoms with E-state index in [9.17, 15) is 9.32 Å². The van der Waals surface area contributed by atoms with Gasteiger partial charge in [-0.05, 0) is 24.6 Å². The molecule has 9 nitrogen and oxygen atoms in total. The normalized spacial score (nSPS) is 21.4. The van der Waals surface area contributed by atoms with Crippen molar-refractivity contribution < 1.29 is 23.2 Å². The maximum atomic E-state index is 15.0. The third-order valence-corrected chi connectivity index (χ3v) is 7.56. The number of aliphatic hydroxyl groups excluding tert-OH is 1. The molecule has 3 aromatic rings. The second-order valence-corrected chi connectivity index (χ2v) is 9.96. The Morgan fingerprint density at radius 1 is 1.25 bits per heavy atom. The molecule has 0 aliphatic carbocycles. The molecular formula is C21H24FN5O4S. The van der Waals surface area contributed by atoms with Crippen LogP contribution in [0.4, 0.5) is 21.6 Å². The van der Waals surface area contributed by atoms with Crippen molar-refractivity contribution in [2.75, 3.05) is 30.0 Å². The van der Waals surface area contributed by atoms with E-state index in [0.29, 0.717) is 28.4 Å². The van der Waals surface area contributed by atoms with E-state index >= 15 is 4.39 Å². The second-order valence-electron chi connectivity index (χ2n) is 7.41. The van der Waals surface area contributed by atoms with Crippen LogP contribution in [0.1, 0.15) is 13.8 Å². The molecule has 1 aromatic carbocycles. The van der Waals surface area contributed by atoms with Crippen LogP contribution >= 0.6 is 0 Å². The topological polar surface area (TPSA) is 119 Å². The van der Waals surface area contributed by atoms with Crippen LogP contribution in [0.5, 0.6) is 5.88 Å². The van der Waals surface area contributed by atoms with Gasteiger partial charge in [-0.1, -0.05) is 7.43 Å². The molecule has 0 radical (unpaired) electrons. The fourth-order valence-corrected chi connectivity index (χ4v) is 4.89. The summed E-state index contributed by atoms with van der Waals surface area (Å²) in [5, 5.41) is 13.2. The number of pyridine rings is 1. The molecule has 0 spiro atoms. The van der Waals surface area contributed by atoms with Gasteiger partial charge in [-0.25, -0.2) is 23.6 Å². The molecule has 0 bridgehead atoms. The number of nitrogens with one attached hydrogen (secondary N) is 1. The van der Waals surface area contributed by atoms with Gasteiger partial charge in [0.2, 0.25) is 5.88 Å². The number of benzene rings is 1. The molecule has 2 aliphatic heterocycles. The van der Waals surface area contributed by atoms with Crippen LogP contribution in [-0.2, 0) is 14.5 Å². The zero-order valence-corrected chi connectivity index (χ0v) is 17.2. The highest BCUT2D eigenvalue weighted by molar-refractivity contribution is 7.95. The largest absolute Gasteiger partial charge is 0.468 e. The average molecular weight is 462 g/mol. The van der Waals surface area contributed by atoms with Crippen LogP contribution < -0.4 is 10.1 Å². The van der Waals surface area contributed by atoms with Gasteiger partial charge < -0.3 is 19.9 Å². The summed E-state index contributed by atoms with van der Waals surface area (Å²) in [4.78, 5) is 12.5. The predicted molar refractivity (Wildman–Crippen MR) is 120 cm³/mol. The van der Waals surface area contributed by atoms with Crippen molar-refractivity contribution in [1.29, 1.82) is 0 Å². The number of fused-ring (bicyclic) bond motifs is 1. The monoisotopic (exact) mass is 461 g/mol. The zero-order valence-electron chi connectivity index (χ0n) is 16.4. The van der Waals surface area contributed by atoms with Crippen molar-refractivity contribution in [1.82, 2.24) is 15.0 Å². The van der Waals surface area contributed by atoms with Crippen molar-refractivity contribution in [2.24, 2.45) is 4.36 Å². The molecule has 170 valence electrons. The third-order valence-electron chi connectivity index (χ3n) is 5.16. The number of halogens is 1. The van der Waals surface area contributed by atoms with Gasteiger partial charge in [-0.2, -0.15) is 4.36 Å². The van der Waals surface area contributed by atoms with E-state index in [1.54, 1.807) is 24.4 Å². The molecule has 0 amide bonds. The maximum absolute atomic E-state index is 15.0. The van der Waals surface area contributed by atoms with Crippen LogP contribution in [0.15, 0.2) is 41.2 Å².